The van der Waals surface area contributed by atoms with Crippen molar-refractivity contribution in [2.45, 2.75) is 31.6 Å². The standard InChI is InChI=1S/C27H28F3N5O3.C2HF3O2/c1-32(23(36)17-33-14-3-4-15-33)18-5-7-19(8-6-18)34-16-13-22-24(26(34)37)35(31-25(22)27(28,29)30)20-9-11-21(38-2)12-10-20;3-2(4,5)1(6)7/h5-12H,3-4,13-17H2,1-2H3;(H,6,7). The van der Waals surface area contributed by atoms with Crippen molar-refractivity contribution >= 4 is 29.2 Å². The van der Waals surface area contributed by atoms with Gasteiger partial charge in [-0.3, -0.25) is 14.5 Å². The number of carbonyl (C=O) groups excluding carboxylic acids is 2. The maximum absolute atomic E-state index is 13.8. The van der Waals surface area contributed by atoms with Crippen LogP contribution in [0.2, 0.25) is 0 Å². The van der Waals surface area contributed by atoms with Crippen LogP contribution in [0, 0.1) is 0 Å². The number of aromatic nitrogens is 2. The zero-order valence-corrected chi connectivity index (χ0v) is 24.2. The van der Waals surface area contributed by atoms with Crippen LogP contribution in [0.3, 0.4) is 0 Å². The smallest absolute Gasteiger partial charge is 0.490 e. The Morgan fingerprint density at radius 3 is 2.00 bits per heavy atom. The molecule has 0 radical (unpaired) electrons. The van der Waals surface area contributed by atoms with E-state index in [0.717, 1.165) is 30.6 Å². The molecule has 1 fully saturated rings. The van der Waals surface area contributed by atoms with E-state index in [4.69, 9.17) is 14.6 Å². The van der Waals surface area contributed by atoms with E-state index >= 15 is 0 Å². The quantitative estimate of drug-likeness (QED) is 0.386. The van der Waals surface area contributed by atoms with Crippen molar-refractivity contribution in [3.63, 3.8) is 0 Å². The number of rotatable bonds is 6. The first-order valence-electron chi connectivity index (χ1n) is 13.7. The normalized spacial score (nSPS) is 15.3. The molecule has 2 aliphatic heterocycles. The predicted octanol–water partition coefficient (Wildman–Crippen LogP) is 4.79. The molecule has 0 spiro atoms. The summed E-state index contributed by atoms with van der Waals surface area (Å²) in [4.78, 5) is 40.3. The Bertz CT molecular complexity index is 1530. The van der Waals surface area contributed by atoms with E-state index in [1.807, 2.05) is 0 Å². The number of amides is 2. The third-order valence-corrected chi connectivity index (χ3v) is 7.32. The topological polar surface area (TPSA) is 108 Å². The number of carboxylic acid groups (broad SMARTS) is 1. The van der Waals surface area contributed by atoms with Crippen molar-refractivity contribution in [1.82, 2.24) is 14.7 Å². The van der Waals surface area contributed by atoms with Crippen LogP contribution in [0.1, 0.15) is 34.6 Å². The first-order chi connectivity index (χ1) is 21.1. The van der Waals surface area contributed by atoms with Crippen LogP contribution in [0.4, 0.5) is 37.7 Å². The fraction of sp³-hybridized carbons (Fsp3) is 0.379. The predicted molar refractivity (Wildman–Crippen MR) is 150 cm³/mol. The summed E-state index contributed by atoms with van der Waals surface area (Å²) >= 11 is 0. The minimum Gasteiger partial charge on any atom is -0.497 e. The first-order valence-corrected chi connectivity index (χ1v) is 13.7. The lowest BCUT2D eigenvalue weighted by molar-refractivity contribution is -0.192. The molecule has 3 heterocycles. The number of carboxylic acids is 1. The number of ether oxygens (including phenoxy) is 1. The third-order valence-electron chi connectivity index (χ3n) is 7.32. The number of likely N-dealkylation sites (N-methyl/N-ethyl adjacent to an activating group) is 1. The van der Waals surface area contributed by atoms with Gasteiger partial charge in [0.25, 0.3) is 5.91 Å². The van der Waals surface area contributed by atoms with Crippen LogP contribution in [0.15, 0.2) is 48.5 Å². The van der Waals surface area contributed by atoms with Gasteiger partial charge in [-0.15, -0.1) is 0 Å². The highest BCUT2D eigenvalue weighted by Gasteiger charge is 2.43. The number of likely N-dealkylation sites (tertiary alicyclic amines) is 1. The molecular formula is C29H29F6N5O5. The van der Waals surface area contributed by atoms with Crippen molar-refractivity contribution in [2.75, 3.05) is 50.1 Å². The molecule has 2 aliphatic rings. The Morgan fingerprint density at radius 2 is 1.49 bits per heavy atom. The van der Waals surface area contributed by atoms with Crippen LogP contribution < -0.4 is 14.5 Å². The zero-order valence-electron chi connectivity index (χ0n) is 24.2. The summed E-state index contributed by atoms with van der Waals surface area (Å²) < 4.78 is 79.4. The van der Waals surface area contributed by atoms with Gasteiger partial charge in [0, 0.05) is 30.5 Å². The van der Waals surface area contributed by atoms with Crippen molar-refractivity contribution in [3.05, 3.63) is 65.5 Å². The number of benzene rings is 2. The Labute approximate surface area is 253 Å². The minimum absolute atomic E-state index is 0.00203. The van der Waals surface area contributed by atoms with Gasteiger partial charge in [0.2, 0.25) is 5.91 Å². The Balaban J connectivity index is 0.000000591. The number of fused-ring (bicyclic) bond motifs is 1. The molecule has 0 bridgehead atoms. The third kappa shape index (κ3) is 7.56. The van der Waals surface area contributed by atoms with Crippen LogP contribution in [-0.4, -0.2) is 84.1 Å². The highest BCUT2D eigenvalue weighted by atomic mass is 19.4. The lowest BCUT2D eigenvalue weighted by Crippen LogP contribution is -2.39. The maximum Gasteiger partial charge on any atom is 0.490 e. The largest absolute Gasteiger partial charge is 0.497 e. The molecule has 45 heavy (non-hydrogen) atoms. The zero-order chi connectivity index (χ0) is 33.1. The molecule has 3 aromatic rings. The van der Waals surface area contributed by atoms with Crippen molar-refractivity contribution in [1.29, 1.82) is 0 Å². The Hall–Kier alpha value is -4.60. The lowest BCUT2D eigenvalue weighted by Gasteiger charge is -2.28. The number of hydrogen-bond donors (Lipinski definition) is 1. The summed E-state index contributed by atoms with van der Waals surface area (Å²) in [5, 5.41) is 10.9. The Kier molecular flexibility index (Phi) is 9.75. The highest BCUT2D eigenvalue weighted by Crippen LogP contribution is 2.37. The average Bonchev–Trinajstić information content (AvgIpc) is 3.65. The minimum atomic E-state index is -5.08. The second-order valence-electron chi connectivity index (χ2n) is 10.2. The number of carbonyl (C=O) groups is 3. The van der Waals surface area contributed by atoms with Crippen LogP contribution >= 0.6 is 0 Å². The van der Waals surface area contributed by atoms with Gasteiger partial charge < -0.3 is 19.6 Å². The molecule has 0 atom stereocenters. The van der Waals surface area contributed by atoms with Gasteiger partial charge in [0.15, 0.2) is 5.69 Å². The molecule has 0 unspecified atom stereocenters. The summed E-state index contributed by atoms with van der Waals surface area (Å²) in [5.41, 5.74) is 0.242. The fourth-order valence-electron chi connectivity index (χ4n) is 4.98. The van der Waals surface area contributed by atoms with Crippen molar-refractivity contribution < 1.29 is 50.6 Å². The second kappa shape index (κ2) is 13.2. The average molecular weight is 642 g/mol. The first kappa shape index (κ1) is 33.3. The molecular weight excluding hydrogens is 612 g/mol. The second-order valence-corrected chi connectivity index (χ2v) is 10.2. The lowest BCUT2D eigenvalue weighted by atomic mass is 10.0. The highest BCUT2D eigenvalue weighted by molar-refractivity contribution is 6.08. The van der Waals surface area contributed by atoms with Crippen LogP contribution in [0.25, 0.3) is 5.69 Å². The van der Waals surface area contributed by atoms with Gasteiger partial charge >= 0.3 is 18.3 Å². The molecule has 1 N–H and O–H groups in total. The Morgan fingerprint density at radius 1 is 0.933 bits per heavy atom. The molecule has 1 aromatic heterocycles. The molecule has 16 heteroatoms. The van der Waals surface area contributed by atoms with E-state index in [9.17, 15) is 35.9 Å². The van der Waals surface area contributed by atoms with E-state index in [1.165, 1.54) is 12.0 Å². The van der Waals surface area contributed by atoms with Gasteiger partial charge in [0.1, 0.15) is 11.4 Å². The number of nitrogens with zero attached hydrogens (tertiary/aromatic N) is 5. The van der Waals surface area contributed by atoms with Crippen LogP contribution in [0.5, 0.6) is 5.75 Å². The summed E-state index contributed by atoms with van der Waals surface area (Å²) in [6.45, 7) is 2.26. The molecule has 0 aliphatic carbocycles. The van der Waals surface area contributed by atoms with Gasteiger partial charge in [-0.05, 0) is 80.9 Å². The van der Waals surface area contributed by atoms with E-state index < -0.39 is 29.9 Å². The summed E-state index contributed by atoms with van der Waals surface area (Å²) in [7, 11) is 3.19. The fourth-order valence-corrected chi connectivity index (χ4v) is 4.98. The number of aliphatic carboxylic acids is 1. The molecule has 10 nitrogen and oxygen atoms in total. The summed E-state index contributed by atoms with van der Waals surface area (Å²) in [6, 6.07) is 13.2. The van der Waals surface area contributed by atoms with Crippen molar-refractivity contribution in [2.24, 2.45) is 0 Å². The number of halogens is 6. The van der Waals surface area contributed by atoms with E-state index in [1.54, 1.807) is 60.5 Å². The van der Waals surface area contributed by atoms with E-state index in [-0.39, 0.29) is 30.1 Å². The molecule has 242 valence electrons. The van der Waals surface area contributed by atoms with Gasteiger partial charge in [-0.1, -0.05) is 0 Å². The summed E-state index contributed by atoms with van der Waals surface area (Å²) in [5.74, 6) is -2.83. The molecule has 5 rings (SSSR count). The van der Waals surface area contributed by atoms with E-state index in [2.05, 4.69) is 10.00 Å². The molecule has 0 saturated carbocycles. The van der Waals surface area contributed by atoms with Gasteiger partial charge in [-0.2, -0.15) is 31.4 Å². The van der Waals surface area contributed by atoms with Crippen LogP contribution in [-0.2, 0) is 22.2 Å². The molecule has 1 saturated heterocycles. The van der Waals surface area contributed by atoms with Gasteiger partial charge in [0.05, 0.1) is 19.3 Å². The number of alkyl halides is 6. The monoisotopic (exact) mass is 641 g/mol. The SMILES string of the molecule is COc1ccc(-n2nc(C(F)(F)F)c3c2C(=O)N(c2ccc(N(C)C(=O)CN4CCCC4)cc2)CC3)cc1.O=C(O)C(F)(F)F. The summed E-state index contributed by atoms with van der Waals surface area (Å²) in [6.07, 6.45) is -7.58. The molecule has 2 amide bonds. The van der Waals surface area contributed by atoms with Gasteiger partial charge in [-0.25, -0.2) is 9.48 Å². The van der Waals surface area contributed by atoms with Crippen molar-refractivity contribution in [3.8, 4) is 11.4 Å². The van der Waals surface area contributed by atoms with E-state index in [0.29, 0.717) is 29.4 Å². The molecule has 2 aromatic carbocycles. The number of anilines is 2. The number of hydrogen-bond acceptors (Lipinski definition) is 6. The maximum atomic E-state index is 13.8. The number of methoxy groups -OCH3 is 1.